The van der Waals surface area contributed by atoms with E-state index in [9.17, 15) is 21.6 Å². The quantitative estimate of drug-likeness (QED) is 0.268. The van der Waals surface area contributed by atoms with Gasteiger partial charge in [0.1, 0.15) is 0 Å². The van der Waals surface area contributed by atoms with Gasteiger partial charge in [0, 0.05) is 11.4 Å². The number of nitrogens with zero attached hydrogens (tertiary/aromatic N) is 2. The van der Waals surface area contributed by atoms with Crippen molar-refractivity contribution in [1.29, 1.82) is 0 Å². The lowest BCUT2D eigenvalue weighted by Gasteiger charge is -2.34. The zero-order valence-electron chi connectivity index (χ0n) is 20.2. The van der Waals surface area contributed by atoms with Gasteiger partial charge in [0.25, 0.3) is 0 Å². The molecule has 11 heteroatoms. The SMILES string of the molecule is O=P1(NS(=O)(=O)C(F)(F)F)N(c2ccc3ccccc3c2)[C@@H]2CCCC[C@H]2N1c1ccc2ccccc2c1. The van der Waals surface area contributed by atoms with Gasteiger partial charge in [-0.3, -0.25) is 13.9 Å². The minimum atomic E-state index is -5.95. The van der Waals surface area contributed by atoms with E-state index in [-0.39, 0.29) is 0 Å². The van der Waals surface area contributed by atoms with E-state index in [2.05, 4.69) is 0 Å². The van der Waals surface area contributed by atoms with Gasteiger partial charge < -0.3 is 0 Å². The molecule has 198 valence electrons. The number of anilines is 2. The number of alkyl halides is 3. The first kappa shape index (κ1) is 25.2. The van der Waals surface area contributed by atoms with Crippen LogP contribution in [0.25, 0.3) is 21.5 Å². The summed E-state index contributed by atoms with van der Waals surface area (Å²) in [6.45, 7) is 0. The van der Waals surface area contributed by atoms with E-state index in [1.807, 2.05) is 60.7 Å². The van der Waals surface area contributed by atoms with E-state index in [0.29, 0.717) is 24.2 Å². The van der Waals surface area contributed by atoms with Gasteiger partial charge in [0.2, 0.25) is 0 Å². The minimum Gasteiger partial charge on any atom is -0.289 e. The van der Waals surface area contributed by atoms with E-state index in [0.717, 1.165) is 34.4 Å². The highest BCUT2D eigenvalue weighted by molar-refractivity contribution is 7.97. The Labute approximate surface area is 218 Å². The number of sulfonamides is 1. The lowest BCUT2D eigenvalue weighted by atomic mass is 9.89. The van der Waals surface area contributed by atoms with Gasteiger partial charge in [-0.25, -0.2) is 8.42 Å². The van der Waals surface area contributed by atoms with E-state index in [4.69, 9.17) is 0 Å². The van der Waals surface area contributed by atoms with Crippen molar-refractivity contribution in [2.45, 2.75) is 43.3 Å². The Bertz CT molecular complexity index is 1600. The van der Waals surface area contributed by atoms with Crippen LogP contribution < -0.4 is 13.8 Å². The molecule has 6 nitrogen and oxygen atoms in total. The normalized spacial score (nSPS) is 21.7. The van der Waals surface area contributed by atoms with Crippen molar-refractivity contribution < 1.29 is 26.2 Å². The van der Waals surface area contributed by atoms with Crippen molar-refractivity contribution in [3.63, 3.8) is 0 Å². The number of hydrogen-bond donors (Lipinski definition) is 1. The van der Waals surface area contributed by atoms with Gasteiger partial charge in [0.15, 0.2) is 0 Å². The highest BCUT2D eigenvalue weighted by atomic mass is 32.2. The second kappa shape index (κ2) is 9.00. The smallest absolute Gasteiger partial charge is 0.289 e. The molecule has 1 aliphatic heterocycles. The van der Waals surface area contributed by atoms with Crippen molar-refractivity contribution in [1.82, 2.24) is 4.49 Å². The van der Waals surface area contributed by atoms with Crippen LogP contribution in [-0.4, -0.2) is 26.0 Å². The number of nitrogens with one attached hydrogen (secondary N) is 1. The largest absolute Gasteiger partial charge is 0.511 e. The topological polar surface area (TPSA) is 69.7 Å². The molecule has 2 aliphatic rings. The molecule has 4 aromatic carbocycles. The van der Waals surface area contributed by atoms with Gasteiger partial charge in [-0.05, 0) is 58.7 Å². The summed E-state index contributed by atoms with van der Waals surface area (Å²) < 4.78 is 85.7. The summed E-state index contributed by atoms with van der Waals surface area (Å²) in [5.41, 5.74) is -4.79. The van der Waals surface area contributed by atoms with Crippen LogP contribution in [0.15, 0.2) is 84.9 Å². The van der Waals surface area contributed by atoms with Crippen LogP contribution in [0.3, 0.4) is 0 Å². The first-order valence-electron chi connectivity index (χ1n) is 12.4. The molecule has 0 bridgehead atoms. The molecule has 1 saturated carbocycles. The Hall–Kier alpha value is -3.07. The number of halogens is 3. The van der Waals surface area contributed by atoms with Crippen LogP contribution in [0.2, 0.25) is 0 Å². The molecule has 1 heterocycles. The number of rotatable bonds is 4. The van der Waals surface area contributed by atoms with Gasteiger partial charge in [0.05, 0.1) is 12.1 Å². The summed E-state index contributed by atoms with van der Waals surface area (Å²) >= 11 is 0. The highest BCUT2D eigenvalue weighted by Crippen LogP contribution is 2.65. The summed E-state index contributed by atoms with van der Waals surface area (Å²) in [5, 5.41) is 3.44. The molecule has 2 atom stereocenters. The van der Waals surface area contributed by atoms with E-state index in [1.54, 1.807) is 28.8 Å². The molecule has 0 amide bonds. The Kier molecular flexibility index (Phi) is 5.98. The van der Waals surface area contributed by atoms with Crippen molar-refractivity contribution in [3.8, 4) is 0 Å². The molecule has 1 saturated heterocycles. The predicted octanol–water partition coefficient (Wildman–Crippen LogP) is 7.18. The molecule has 1 aliphatic carbocycles. The van der Waals surface area contributed by atoms with Gasteiger partial charge in [-0.15, -0.1) is 4.49 Å². The molecule has 2 fully saturated rings. The summed E-state index contributed by atoms with van der Waals surface area (Å²) in [5.74, 6) is 0. The van der Waals surface area contributed by atoms with Crippen LogP contribution >= 0.6 is 7.59 Å². The second-order valence-corrected chi connectivity index (χ2v) is 13.9. The van der Waals surface area contributed by atoms with Gasteiger partial charge in [-0.2, -0.15) is 13.2 Å². The molecule has 6 rings (SSSR count). The van der Waals surface area contributed by atoms with Crippen molar-refractivity contribution in [2.75, 3.05) is 9.34 Å². The highest BCUT2D eigenvalue weighted by Gasteiger charge is 2.60. The molecule has 4 aromatic rings. The monoisotopic (exact) mass is 559 g/mol. The zero-order valence-corrected chi connectivity index (χ0v) is 21.9. The number of hydrogen-bond acceptors (Lipinski definition) is 3. The van der Waals surface area contributed by atoms with Crippen LogP contribution in [0.5, 0.6) is 0 Å². The van der Waals surface area contributed by atoms with Crippen LogP contribution in [0.1, 0.15) is 25.7 Å². The predicted molar refractivity (Wildman–Crippen MR) is 145 cm³/mol. The fourth-order valence-electron chi connectivity index (χ4n) is 5.80. The summed E-state index contributed by atoms with van der Waals surface area (Å²) in [7, 11) is -10.6. The molecule has 0 unspecified atom stereocenters. The number of benzene rings is 4. The standard InChI is InChI=1S/C27H25F3N3O3PS/c28-27(29,30)38(35,36)31-37(34)32(23-15-13-19-7-1-3-9-21(19)17-23)25-11-5-6-12-26(25)33(37)24-16-14-20-8-2-4-10-22(20)18-24/h1-4,7-10,13-18,25-26H,5-6,11-12H2,(H,31,34)/t25-,26-/m1/s1. The summed E-state index contributed by atoms with van der Waals surface area (Å²) in [6.07, 6.45) is 2.73. The molecular weight excluding hydrogens is 534 g/mol. The third-order valence-corrected chi connectivity index (χ3v) is 12.2. The molecule has 38 heavy (non-hydrogen) atoms. The lowest BCUT2D eigenvalue weighted by Crippen LogP contribution is -2.41. The molecular formula is C27H25F3N3O3PS. The maximum atomic E-state index is 15.0. The fourth-order valence-corrected chi connectivity index (χ4v) is 10.6. The van der Waals surface area contributed by atoms with Crippen LogP contribution in [-0.2, 0) is 14.6 Å². The van der Waals surface area contributed by atoms with Crippen molar-refractivity contribution in [3.05, 3.63) is 84.9 Å². The fraction of sp³-hybridized carbons (Fsp3) is 0.259. The Morgan fingerprint density at radius 2 is 1.13 bits per heavy atom. The third-order valence-electron chi connectivity index (χ3n) is 7.45. The third kappa shape index (κ3) is 4.06. The molecule has 0 radical (unpaired) electrons. The minimum absolute atomic E-state index is 0.414. The van der Waals surface area contributed by atoms with E-state index >= 15 is 4.57 Å². The second-order valence-electron chi connectivity index (χ2n) is 9.76. The Morgan fingerprint density at radius 3 is 1.55 bits per heavy atom. The Balaban J connectivity index is 1.58. The average Bonchev–Trinajstić information content (AvgIpc) is 3.14. The van der Waals surface area contributed by atoms with Gasteiger partial charge >= 0.3 is 23.1 Å². The van der Waals surface area contributed by atoms with Crippen molar-refractivity contribution >= 4 is 50.5 Å². The van der Waals surface area contributed by atoms with Crippen LogP contribution in [0, 0.1) is 0 Å². The van der Waals surface area contributed by atoms with E-state index in [1.165, 1.54) is 9.34 Å². The zero-order chi connectivity index (χ0) is 26.7. The van der Waals surface area contributed by atoms with Gasteiger partial charge in [-0.1, -0.05) is 73.5 Å². The van der Waals surface area contributed by atoms with Crippen LogP contribution in [0.4, 0.5) is 24.5 Å². The maximum absolute atomic E-state index is 15.0. The summed E-state index contributed by atoms with van der Waals surface area (Å²) in [6, 6.07) is 24.6. The maximum Gasteiger partial charge on any atom is 0.511 e. The van der Waals surface area contributed by atoms with E-state index < -0.39 is 35.2 Å². The summed E-state index contributed by atoms with van der Waals surface area (Å²) in [4.78, 5) is 0. The first-order chi connectivity index (χ1) is 18.1. The molecule has 0 aromatic heterocycles. The van der Waals surface area contributed by atoms with Crippen molar-refractivity contribution in [2.24, 2.45) is 0 Å². The first-order valence-corrected chi connectivity index (χ1v) is 15.5. The molecule has 1 N–H and O–H groups in total. The number of fused-ring (bicyclic) bond motifs is 3. The lowest BCUT2D eigenvalue weighted by molar-refractivity contribution is -0.0441. The molecule has 0 spiro atoms. The average molecular weight is 560 g/mol. The Morgan fingerprint density at radius 1 is 0.711 bits per heavy atom.